The summed E-state index contributed by atoms with van der Waals surface area (Å²) < 4.78 is 21.9. The lowest BCUT2D eigenvalue weighted by atomic mass is 10.2. The highest BCUT2D eigenvalue weighted by Gasteiger charge is 2.10. The van der Waals surface area contributed by atoms with Crippen LogP contribution in [0.5, 0.6) is 11.5 Å². The Balaban J connectivity index is 2.41. The van der Waals surface area contributed by atoms with Gasteiger partial charge in [-0.05, 0) is 40.0 Å². The Labute approximate surface area is 158 Å². The molecule has 8 heteroatoms. The molecule has 0 amide bonds. The van der Waals surface area contributed by atoms with E-state index < -0.39 is 0 Å². The summed E-state index contributed by atoms with van der Waals surface area (Å²) in [5.41, 5.74) is 1.05. The van der Waals surface area contributed by atoms with Gasteiger partial charge in [0.2, 0.25) is 0 Å². The summed E-state index contributed by atoms with van der Waals surface area (Å²) in [6.45, 7) is 3.33. The number of nitrogens with zero attached hydrogens (tertiary/aromatic N) is 1. The zero-order valence-corrected chi connectivity index (χ0v) is 16.9. The minimum atomic E-state index is 0.614. The van der Waals surface area contributed by atoms with Gasteiger partial charge in [-0.2, -0.15) is 0 Å². The lowest BCUT2D eigenvalue weighted by Crippen LogP contribution is -2.37. The second-order valence-electron chi connectivity index (χ2n) is 5.12. The van der Waals surface area contributed by atoms with E-state index in [2.05, 4.69) is 31.6 Å². The first-order chi connectivity index (χ1) is 12.2. The van der Waals surface area contributed by atoms with E-state index in [-0.39, 0.29) is 0 Å². The van der Waals surface area contributed by atoms with E-state index in [1.807, 2.05) is 12.1 Å². The number of guanidine groups is 1. The predicted molar refractivity (Wildman–Crippen MR) is 103 cm³/mol. The molecular formula is C17H28BrN3O4. The first-order valence-electron chi connectivity index (χ1n) is 8.07. The van der Waals surface area contributed by atoms with Crippen molar-refractivity contribution in [1.29, 1.82) is 0 Å². The average Bonchev–Trinajstić information content (AvgIpc) is 2.62. The van der Waals surface area contributed by atoms with Gasteiger partial charge < -0.3 is 29.6 Å². The molecule has 0 unspecified atom stereocenters. The number of aliphatic imine (C=N–C) groups is 1. The number of benzene rings is 1. The zero-order chi connectivity index (χ0) is 18.5. The van der Waals surface area contributed by atoms with Crippen molar-refractivity contribution < 1.29 is 18.9 Å². The number of halogens is 1. The zero-order valence-electron chi connectivity index (χ0n) is 15.4. The van der Waals surface area contributed by atoms with Crippen molar-refractivity contribution in [3.8, 4) is 11.5 Å². The van der Waals surface area contributed by atoms with E-state index in [0.717, 1.165) is 29.0 Å². The number of rotatable bonds is 11. The monoisotopic (exact) mass is 417 g/mol. The third kappa shape index (κ3) is 7.94. The van der Waals surface area contributed by atoms with Crippen LogP contribution in [0.1, 0.15) is 12.0 Å². The van der Waals surface area contributed by atoms with Crippen molar-refractivity contribution in [1.82, 2.24) is 10.6 Å². The first kappa shape index (κ1) is 21.5. The van der Waals surface area contributed by atoms with Crippen LogP contribution in [0.15, 0.2) is 21.6 Å². The number of methoxy groups -OCH3 is 3. The van der Waals surface area contributed by atoms with Crippen LogP contribution in [0.2, 0.25) is 0 Å². The van der Waals surface area contributed by atoms with E-state index in [1.165, 1.54) is 0 Å². The lowest BCUT2D eigenvalue weighted by molar-refractivity contribution is 0.0698. The van der Waals surface area contributed by atoms with E-state index in [4.69, 9.17) is 18.9 Å². The van der Waals surface area contributed by atoms with Crippen molar-refractivity contribution in [2.75, 3.05) is 54.7 Å². The summed E-state index contributed by atoms with van der Waals surface area (Å²) in [4.78, 5) is 4.22. The Morgan fingerprint density at radius 3 is 2.52 bits per heavy atom. The second-order valence-corrected chi connectivity index (χ2v) is 5.98. The van der Waals surface area contributed by atoms with Crippen LogP contribution >= 0.6 is 15.9 Å². The minimum Gasteiger partial charge on any atom is -0.493 e. The molecule has 1 aromatic carbocycles. The van der Waals surface area contributed by atoms with E-state index in [0.29, 0.717) is 37.9 Å². The Hall–Kier alpha value is -1.51. The summed E-state index contributed by atoms with van der Waals surface area (Å²) in [5.74, 6) is 2.11. The second kappa shape index (κ2) is 12.8. The molecule has 0 atom stereocenters. The summed E-state index contributed by atoms with van der Waals surface area (Å²) >= 11 is 3.50. The molecule has 1 aromatic rings. The fraction of sp³-hybridized carbons (Fsp3) is 0.588. The van der Waals surface area contributed by atoms with Crippen LogP contribution in [0.25, 0.3) is 0 Å². The molecule has 0 spiro atoms. The predicted octanol–water partition coefficient (Wildman–Crippen LogP) is 2.18. The molecule has 0 fully saturated rings. The third-order valence-electron chi connectivity index (χ3n) is 3.37. The largest absolute Gasteiger partial charge is 0.493 e. The molecule has 0 saturated heterocycles. The third-order valence-corrected chi connectivity index (χ3v) is 3.96. The van der Waals surface area contributed by atoms with Crippen LogP contribution in [-0.4, -0.2) is 60.7 Å². The maximum absolute atomic E-state index is 5.42. The Bertz CT molecular complexity index is 541. The van der Waals surface area contributed by atoms with Gasteiger partial charge in [-0.15, -0.1) is 0 Å². The van der Waals surface area contributed by atoms with Crippen LogP contribution in [0.4, 0.5) is 0 Å². The quantitative estimate of drug-likeness (QED) is 0.326. The SMILES string of the molecule is CN=C(NCCCOCCOC)NCc1cc(Br)c(OC)c(OC)c1. The molecule has 0 bridgehead atoms. The van der Waals surface area contributed by atoms with Crippen LogP contribution < -0.4 is 20.1 Å². The van der Waals surface area contributed by atoms with Gasteiger partial charge in [0, 0.05) is 33.9 Å². The molecule has 142 valence electrons. The van der Waals surface area contributed by atoms with E-state index >= 15 is 0 Å². The molecule has 0 aromatic heterocycles. The van der Waals surface area contributed by atoms with Crippen LogP contribution in [-0.2, 0) is 16.0 Å². The van der Waals surface area contributed by atoms with Gasteiger partial charge in [0.05, 0.1) is 31.9 Å². The van der Waals surface area contributed by atoms with Gasteiger partial charge in [-0.1, -0.05) is 0 Å². The van der Waals surface area contributed by atoms with E-state index in [9.17, 15) is 0 Å². The average molecular weight is 418 g/mol. The van der Waals surface area contributed by atoms with Gasteiger partial charge >= 0.3 is 0 Å². The standard InChI is InChI=1S/C17H28BrN3O4/c1-19-17(20-6-5-7-25-9-8-22-2)21-12-13-10-14(18)16(24-4)15(11-13)23-3/h10-11H,5-9,12H2,1-4H3,(H2,19,20,21). The molecule has 0 saturated carbocycles. The Kier molecular flexibility index (Phi) is 11.0. The molecular weight excluding hydrogens is 390 g/mol. The van der Waals surface area contributed by atoms with Crippen molar-refractivity contribution in [2.45, 2.75) is 13.0 Å². The number of hydrogen-bond donors (Lipinski definition) is 2. The Morgan fingerprint density at radius 1 is 1.08 bits per heavy atom. The van der Waals surface area contributed by atoms with Crippen molar-refractivity contribution >= 4 is 21.9 Å². The summed E-state index contributed by atoms with van der Waals surface area (Å²) in [6, 6.07) is 3.93. The van der Waals surface area contributed by atoms with E-state index in [1.54, 1.807) is 28.4 Å². The van der Waals surface area contributed by atoms with Crippen LogP contribution in [0, 0.1) is 0 Å². The highest BCUT2D eigenvalue weighted by molar-refractivity contribution is 9.10. The maximum atomic E-state index is 5.42. The topological polar surface area (TPSA) is 73.3 Å². The van der Waals surface area contributed by atoms with Gasteiger partial charge in [-0.25, -0.2) is 0 Å². The molecule has 7 nitrogen and oxygen atoms in total. The molecule has 0 heterocycles. The normalized spacial score (nSPS) is 11.3. The number of ether oxygens (including phenoxy) is 4. The molecule has 0 aliphatic rings. The van der Waals surface area contributed by atoms with Crippen LogP contribution in [0.3, 0.4) is 0 Å². The molecule has 2 N–H and O–H groups in total. The minimum absolute atomic E-state index is 0.614. The fourth-order valence-electron chi connectivity index (χ4n) is 2.11. The summed E-state index contributed by atoms with van der Waals surface area (Å²) in [5, 5.41) is 6.53. The van der Waals surface area contributed by atoms with Crippen molar-refractivity contribution in [3.63, 3.8) is 0 Å². The molecule has 25 heavy (non-hydrogen) atoms. The molecule has 1 rings (SSSR count). The molecule has 0 aliphatic carbocycles. The van der Waals surface area contributed by atoms with Gasteiger partial charge in [0.15, 0.2) is 17.5 Å². The highest BCUT2D eigenvalue weighted by atomic mass is 79.9. The fourth-order valence-corrected chi connectivity index (χ4v) is 2.76. The smallest absolute Gasteiger partial charge is 0.191 e. The Morgan fingerprint density at radius 2 is 1.88 bits per heavy atom. The maximum Gasteiger partial charge on any atom is 0.191 e. The van der Waals surface area contributed by atoms with Crippen molar-refractivity contribution in [2.24, 2.45) is 4.99 Å². The number of hydrogen-bond acceptors (Lipinski definition) is 5. The summed E-state index contributed by atoms with van der Waals surface area (Å²) in [7, 11) is 6.65. The van der Waals surface area contributed by atoms with Gasteiger partial charge in [0.25, 0.3) is 0 Å². The van der Waals surface area contributed by atoms with Crippen molar-refractivity contribution in [3.05, 3.63) is 22.2 Å². The number of nitrogens with one attached hydrogen (secondary N) is 2. The molecule has 0 radical (unpaired) electrons. The van der Waals surface area contributed by atoms with Gasteiger partial charge in [0.1, 0.15) is 0 Å². The summed E-state index contributed by atoms with van der Waals surface area (Å²) in [6.07, 6.45) is 0.895. The highest BCUT2D eigenvalue weighted by Crippen LogP contribution is 2.36. The lowest BCUT2D eigenvalue weighted by Gasteiger charge is -2.14. The van der Waals surface area contributed by atoms with Gasteiger partial charge in [-0.3, -0.25) is 4.99 Å². The molecule has 0 aliphatic heterocycles. The first-order valence-corrected chi connectivity index (χ1v) is 8.87.